The van der Waals surface area contributed by atoms with Crippen LogP contribution in [0, 0.1) is 23.7 Å². The third-order valence-electron chi connectivity index (χ3n) is 5.18. The molecule has 4 unspecified atom stereocenters. The first-order chi connectivity index (χ1) is 9.51. The predicted molar refractivity (Wildman–Crippen MR) is 79.9 cm³/mol. The molecule has 0 spiro atoms. The van der Waals surface area contributed by atoms with Crippen LogP contribution in [0.4, 0.5) is 0 Å². The number of aliphatic hydroxyl groups excluding tert-OH is 1. The van der Waals surface area contributed by atoms with Crippen LogP contribution in [-0.2, 0) is 16.6 Å². The number of nitrogens with one attached hydrogen (secondary N) is 1. The zero-order valence-electron chi connectivity index (χ0n) is 10.8. The van der Waals surface area contributed by atoms with E-state index in [4.69, 9.17) is 5.11 Å². The number of rotatable bonds is 4. The lowest BCUT2D eigenvalue weighted by atomic mass is 10.0. The van der Waals surface area contributed by atoms with Gasteiger partial charge in [-0.1, -0.05) is 0 Å². The normalized spacial score (nSPS) is 38.2. The van der Waals surface area contributed by atoms with Gasteiger partial charge < -0.3 is 5.11 Å². The molecule has 110 valence electrons. The number of aliphatic hydroxyl groups is 1. The Balaban J connectivity index is 1.55. The minimum absolute atomic E-state index is 0.127. The molecule has 2 bridgehead atoms. The van der Waals surface area contributed by atoms with E-state index < -0.39 is 10.0 Å². The first kappa shape index (κ1) is 13.7. The van der Waals surface area contributed by atoms with Gasteiger partial charge in [0.15, 0.2) is 0 Å². The van der Waals surface area contributed by atoms with E-state index in [1.165, 1.54) is 30.6 Å². The molecule has 4 rings (SSSR count). The number of hydrogen-bond donors (Lipinski definition) is 2. The fraction of sp³-hybridized carbons (Fsp3) is 0.692. The third-order valence-corrected chi connectivity index (χ3v) is 8.87. The molecule has 1 aromatic heterocycles. The lowest BCUT2D eigenvalue weighted by Gasteiger charge is -2.10. The molecular weight excluding hydrogens is 362 g/mol. The molecule has 0 radical (unpaired) electrons. The van der Waals surface area contributed by atoms with Crippen LogP contribution in [0.3, 0.4) is 0 Å². The third kappa shape index (κ3) is 1.94. The Hall–Kier alpha value is 0.0500. The fourth-order valence-corrected chi connectivity index (χ4v) is 8.23. The summed E-state index contributed by atoms with van der Waals surface area (Å²) >= 11 is 4.56. The minimum Gasteiger partial charge on any atom is -0.391 e. The quantitative estimate of drug-likeness (QED) is 0.845. The van der Waals surface area contributed by atoms with Crippen molar-refractivity contribution in [1.29, 1.82) is 0 Å². The van der Waals surface area contributed by atoms with Gasteiger partial charge in [-0.2, -0.15) is 0 Å². The van der Waals surface area contributed by atoms with E-state index in [1.54, 1.807) is 6.07 Å². The summed E-state index contributed by atoms with van der Waals surface area (Å²) in [6.07, 6.45) is 3.87. The van der Waals surface area contributed by atoms with Crippen molar-refractivity contribution in [3.63, 3.8) is 0 Å². The zero-order chi connectivity index (χ0) is 14.1. The van der Waals surface area contributed by atoms with Gasteiger partial charge in [0.25, 0.3) is 0 Å². The van der Waals surface area contributed by atoms with Gasteiger partial charge in [-0.05, 0) is 64.9 Å². The first-order valence-electron chi connectivity index (χ1n) is 6.92. The Kier molecular flexibility index (Phi) is 3.10. The second-order valence-electron chi connectivity index (χ2n) is 6.14. The molecule has 0 aromatic carbocycles. The second kappa shape index (κ2) is 4.52. The highest BCUT2D eigenvalue weighted by atomic mass is 79.9. The number of fused-ring (bicyclic) bond motifs is 5. The molecule has 3 fully saturated rings. The number of sulfonamides is 1. The summed E-state index contributed by atoms with van der Waals surface area (Å²) in [7, 11) is -3.48. The van der Waals surface area contributed by atoms with Crippen molar-refractivity contribution >= 4 is 37.3 Å². The summed E-state index contributed by atoms with van der Waals surface area (Å²) in [5.41, 5.74) is 0. The molecule has 3 aliphatic rings. The van der Waals surface area contributed by atoms with Crippen LogP contribution in [0.5, 0.6) is 0 Å². The molecule has 1 heterocycles. The minimum atomic E-state index is -3.48. The van der Waals surface area contributed by atoms with Crippen LogP contribution < -0.4 is 4.72 Å². The molecule has 4 nitrogen and oxygen atoms in total. The average Bonchev–Trinajstić information content (AvgIpc) is 2.81. The van der Waals surface area contributed by atoms with Gasteiger partial charge in [0.05, 0.1) is 10.4 Å². The molecule has 3 aliphatic carbocycles. The summed E-state index contributed by atoms with van der Waals surface area (Å²) in [5.74, 6) is 2.66. The van der Waals surface area contributed by atoms with E-state index in [2.05, 4.69) is 20.7 Å². The van der Waals surface area contributed by atoms with Crippen molar-refractivity contribution in [3.8, 4) is 0 Å². The highest BCUT2D eigenvalue weighted by Gasteiger charge is 2.65. The van der Waals surface area contributed by atoms with Crippen LogP contribution in [0.1, 0.15) is 24.1 Å². The predicted octanol–water partition coefficient (Wildman–Crippen LogP) is 2.33. The van der Waals surface area contributed by atoms with E-state index in [1.807, 2.05) is 0 Å². The van der Waals surface area contributed by atoms with E-state index in [-0.39, 0.29) is 17.5 Å². The maximum Gasteiger partial charge on any atom is 0.242 e. The maximum absolute atomic E-state index is 12.5. The van der Waals surface area contributed by atoms with Crippen molar-refractivity contribution in [1.82, 2.24) is 4.72 Å². The summed E-state index contributed by atoms with van der Waals surface area (Å²) < 4.78 is 28.4. The average molecular weight is 378 g/mol. The SMILES string of the molecule is O=S(=O)(NC1C2C3CCC(C3)C12)c1cc(CO)sc1Br. The van der Waals surface area contributed by atoms with E-state index in [0.29, 0.717) is 20.5 Å². The molecule has 1 aromatic rings. The van der Waals surface area contributed by atoms with Crippen molar-refractivity contribution < 1.29 is 13.5 Å². The van der Waals surface area contributed by atoms with Gasteiger partial charge in [0, 0.05) is 10.9 Å². The Morgan fingerprint density at radius 2 is 2.00 bits per heavy atom. The van der Waals surface area contributed by atoms with Gasteiger partial charge in [0.2, 0.25) is 10.0 Å². The van der Waals surface area contributed by atoms with Crippen molar-refractivity contribution in [2.75, 3.05) is 0 Å². The van der Waals surface area contributed by atoms with Gasteiger partial charge in [-0.3, -0.25) is 0 Å². The van der Waals surface area contributed by atoms with Crippen molar-refractivity contribution in [3.05, 3.63) is 14.7 Å². The highest BCUT2D eigenvalue weighted by Crippen LogP contribution is 2.65. The van der Waals surface area contributed by atoms with Gasteiger partial charge >= 0.3 is 0 Å². The summed E-state index contributed by atoms with van der Waals surface area (Å²) in [6.45, 7) is -0.127. The number of thiophene rings is 1. The lowest BCUT2D eigenvalue weighted by Crippen LogP contribution is -2.30. The molecular formula is C13H16BrNO3S2. The van der Waals surface area contributed by atoms with Crippen LogP contribution in [0.2, 0.25) is 0 Å². The van der Waals surface area contributed by atoms with E-state index in [0.717, 1.165) is 11.8 Å². The molecule has 4 atom stereocenters. The molecule has 0 amide bonds. The summed E-state index contributed by atoms with van der Waals surface area (Å²) in [6, 6.07) is 1.71. The highest BCUT2D eigenvalue weighted by molar-refractivity contribution is 9.11. The van der Waals surface area contributed by atoms with E-state index in [9.17, 15) is 8.42 Å². The molecule has 2 N–H and O–H groups in total. The Labute approximate surface area is 130 Å². The Morgan fingerprint density at radius 3 is 2.55 bits per heavy atom. The fourth-order valence-electron chi connectivity index (χ4n) is 4.38. The van der Waals surface area contributed by atoms with Crippen LogP contribution in [0.25, 0.3) is 0 Å². The Bertz CT molecular complexity index is 641. The smallest absolute Gasteiger partial charge is 0.242 e. The second-order valence-corrected chi connectivity index (χ2v) is 10.3. The molecule has 0 saturated heterocycles. The van der Waals surface area contributed by atoms with Crippen molar-refractivity contribution in [2.24, 2.45) is 23.7 Å². The standard InChI is InChI=1S/C13H16BrNO3S2/c14-13-9(4-8(5-16)19-13)20(17,18)15-12-10-6-1-2-7(3-6)11(10)12/h4,6-7,10-12,15-16H,1-3,5H2. The number of halogens is 1. The van der Waals surface area contributed by atoms with Crippen molar-refractivity contribution in [2.45, 2.75) is 36.8 Å². The summed E-state index contributed by atoms with van der Waals surface area (Å²) in [4.78, 5) is 0.928. The lowest BCUT2D eigenvalue weighted by molar-refractivity contribution is 0.285. The Morgan fingerprint density at radius 1 is 1.35 bits per heavy atom. The first-order valence-corrected chi connectivity index (χ1v) is 10.0. The monoisotopic (exact) mass is 377 g/mol. The summed E-state index contributed by atoms with van der Waals surface area (Å²) in [5, 5.41) is 9.12. The van der Waals surface area contributed by atoms with Gasteiger partial charge in [-0.25, -0.2) is 13.1 Å². The molecule has 20 heavy (non-hydrogen) atoms. The largest absolute Gasteiger partial charge is 0.391 e. The number of hydrogen-bond acceptors (Lipinski definition) is 4. The topological polar surface area (TPSA) is 66.4 Å². The maximum atomic E-state index is 12.5. The van der Waals surface area contributed by atoms with Crippen LogP contribution in [0.15, 0.2) is 14.7 Å². The van der Waals surface area contributed by atoms with Gasteiger partial charge in [0.1, 0.15) is 4.90 Å². The zero-order valence-corrected chi connectivity index (χ0v) is 14.0. The van der Waals surface area contributed by atoms with Crippen LogP contribution >= 0.6 is 27.3 Å². The van der Waals surface area contributed by atoms with Gasteiger partial charge in [-0.15, -0.1) is 11.3 Å². The van der Waals surface area contributed by atoms with Crippen LogP contribution in [-0.4, -0.2) is 19.6 Å². The van der Waals surface area contributed by atoms with E-state index >= 15 is 0 Å². The molecule has 0 aliphatic heterocycles. The molecule has 7 heteroatoms. The molecule has 3 saturated carbocycles.